The van der Waals surface area contributed by atoms with E-state index in [2.05, 4.69) is 10.3 Å². The maximum atomic E-state index is 13.1. The molecule has 1 N–H and O–H groups in total. The van der Waals surface area contributed by atoms with Gasteiger partial charge in [-0.15, -0.1) is 0 Å². The lowest BCUT2D eigenvalue weighted by molar-refractivity contribution is -0.123. The molecule has 1 heterocycles. The maximum absolute atomic E-state index is 13.1. The molecule has 6 nitrogen and oxygen atoms in total. The molecule has 1 aromatic heterocycles. The highest BCUT2D eigenvalue weighted by atomic mass is 32.2. The summed E-state index contributed by atoms with van der Waals surface area (Å²) < 4.78 is 1.83. The molecule has 0 saturated heterocycles. The minimum atomic E-state index is -0.336. The molecule has 0 spiro atoms. The molecule has 0 fully saturated rings. The lowest BCUT2D eigenvalue weighted by Crippen LogP contribution is -2.47. The molecular formula is C19H26N4O2S. The van der Waals surface area contributed by atoms with Crippen molar-refractivity contribution >= 4 is 23.6 Å². The molecule has 0 saturated carbocycles. The predicted molar refractivity (Wildman–Crippen MR) is 105 cm³/mol. The van der Waals surface area contributed by atoms with Gasteiger partial charge in [-0.05, 0) is 46.1 Å². The second kappa shape index (κ2) is 8.40. The van der Waals surface area contributed by atoms with Gasteiger partial charge in [-0.25, -0.2) is 4.98 Å². The Morgan fingerprint density at radius 2 is 1.88 bits per heavy atom. The van der Waals surface area contributed by atoms with Crippen LogP contribution in [0, 0.1) is 0 Å². The molecule has 0 atom stereocenters. The van der Waals surface area contributed by atoms with Crippen LogP contribution in [-0.2, 0) is 4.79 Å². The summed E-state index contributed by atoms with van der Waals surface area (Å²) in [6.45, 7) is 8.06. The summed E-state index contributed by atoms with van der Waals surface area (Å²) in [6.07, 6.45) is 3.50. The number of carbonyl (C=O) groups excluding carboxylic acids is 2. The topological polar surface area (TPSA) is 67.2 Å². The first-order chi connectivity index (χ1) is 12.3. The van der Waals surface area contributed by atoms with Crippen molar-refractivity contribution in [1.29, 1.82) is 0 Å². The summed E-state index contributed by atoms with van der Waals surface area (Å²) in [7, 11) is 0. The average molecular weight is 375 g/mol. The summed E-state index contributed by atoms with van der Waals surface area (Å²) in [5, 5.41) is 3.62. The number of nitrogens with one attached hydrogen (secondary N) is 1. The van der Waals surface area contributed by atoms with Crippen LogP contribution < -0.4 is 5.32 Å². The van der Waals surface area contributed by atoms with Crippen molar-refractivity contribution in [3.63, 3.8) is 0 Å². The number of imidazole rings is 1. The molecule has 2 aromatic rings. The molecule has 0 aliphatic heterocycles. The molecule has 26 heavy (non-hydrogen) atoms. The van der Waals surface area contributed by atoms with E-state index in [9.17, 15) is 9.59 Å². The van der Waals surface area contributed by atoms with Crippen LogP contribution in [0.4, 0.5) is 0 Å². The Hall–Kier alpha value is -2.28. The van der Waals surface area contributed by atoms with E-state index in [1.807, 2.05) is 68.8 Å². The van der Waals surface area contributed by atoms with Crippen molar-refractivity contribution in [2.24, 2.45) is 0 Å². The summed E-state index contributed by atoms with van der Waals surface area (Å²) in [5.74, 6) is -0.392. The number of likely N-dealkylation sites (N-methyl/N-ethyl adjacent to an activating group) is 1. The van der Waals surface area contributed by atoms with Crippen LogP contribution >= 0.6 is 11.8 Å². The SMILES string of the molecule is CCN(CC(=O)NC(C)(C)C)C(=O)c1cnc(SC)n1-c1ccccc1. The standard InChI is InChI=1S/C19H26N4O2S/c1-6-22(13-16(24)21-19(2,3)4)17(25)15-12-20-18(26-5)23(15)14-10-8-7-9-11-14/h7-12H,6,13H2,1-5H3,(H,21,24). The van der Waals surface area contributed by atoms with Crippen molar-refractivity contribution in [2.45, 2.75) is 38.4 Å². The monoisotopic (exact) mass is 374 g/mol. The highest BCUT2D eigenvalue weighted by Gasteiger charge is 2.24. The zero-order valence-electron chi connectivity index (χ0n) is 15.9. The molecule has 0 bridgehead atoms. The quantitative estimate of drug-likeness (QED) is 0.790. The lowest BCUT2D eigenvalue weighted by atomic mass is 10.1. The molecule has 140 valence electrons. The van der Waals surface area contributed by atoms with Gasteiger partial charge >= 0.3 is 0 Å². The lowest BCUT2D eigenvalue weighted by Gasteiger charge is -2.25. The second-order valence-corrected chi connectivity index (χ2v) is 7.69. The zero-order valence-corrected chi connectivity index (χ0v) is 16.8. The normalized spacial score (nSPS) is 11.3. The Labute approximate surface area is 159 Å². The van der Waals surface area contributed by atoms with Crippen molar-refractivity contribution in [3.05, 3.63) is 42.2 Å². The molecule has 0 radical (unpaired) electrons. The van der Waals surface area contributed by atoms with Crippen molar-refractivity contribution in [2.75, 3.05) is 19.3 Å². The zero-order chi connectivity index (χ0) is 19.3. The van der Waals surface area contributed by atoms with Crippen LogP contribution in [0.5, 0.6) is 0 Å². The fraction of sp³-hybridized carbons (Fsp3) is 0.421. The minimum Gasteiger partial charge on any atom is -0.350 e. The van der Waals surface area contributed by atoms with Gasteiger partial charge in [0, 0.05) is 17.8 Å². The van der Waals surface area contributed by atoms with E-state index in [-0.39, 0.29) is 23.9 Å². The van der Waals surface area contributed by atoms with Crippen LogP contribution in [-0.4, -0.2) is 51.1 Å². The number of amides is 2. The average Bonchev–Trinajstić information content (AvgIpc) is 3.02. The summed E-state index contributed by atoms with van der Waals surface area (Å²) >= 11 is 1.47. The molecular weight excluding hydrogens is 348 g/mol. The number of rotatable bonds is 6. The predicted octanol–water partition coefficient (Wildman–Crippen LogP) is 2.97. The van der Waals surface area contributed by atoms with E-state index in [4.69, 9.17) is 0 Å². The number of thioether (sulfide) groups is 1. The second-order valence-electron chi connectivity index (χ2n) is 6.92. The summed E-state index contributed by atoms with van der Waals surface area (Å²) in [6, 6.07) is 9.63. The third-order valence-electron chi connectivity index (χ3n) is 3.66. The van der Waals surface area contributed by atoms with Crippen LogP contribution in [0.25, 0.3) is 5.69 Å². The van der Waals surface area contributed by atoms with Crippen LogP contribution in [0.2, 0.25) is 0 Å². The molecule has 2 amide bonds. The molecule has 0 unspecified atom stereocenters. The number of para-hydroxylation sites is 1. The molecule has 2 rings (SSSR count). The van der Waals surface area contributed by atoms with E-state index in [1.165, 1.54) is 16.7 Å². The third kappa shape index (κ3) is 4.88. The van der Waals surface area contributed by atoms with Gasteiger partial charge in [0.05, 0.1) is 12.7 Å². The van der Waals surface area contributed by atoms with Crippen LogP contribution in [0.1, 0.15) is 38.2 Å². The Bertz CT molecular complexity index is 766. The first-order valence-electron chi connectivity index (χ1n) is 8.54. The third-order valence-corrected chi connectivity index (χ3v) is 4.32. The first kappa shape index (κ1) is 20.0. The van der Waals surface area contributed by atoms with Gasteiger partial charge in [-0.3, -0.25) is 14.2 Å². The van der Waals surface area contributed by atoms with Gasteiger partial charge in [0.25, 0.3) is 5.91 Å². The highest BCUT2D eigenvalue weighted by molar-refractivity contribution is 7.98. The largest absolute Gasteiger partial charge is 0.350 e. The van der Waals surface area contributed by atoms with Crippen molar-refractivity contribution in [1.82, 2.24) is 19.8 Å². The Balaban J connectivity index is 2.31. The first-order valence-corrected chi connectivity index (χ1v) is 9.76. The van der Waals surface area contributed by atoms with Gasteiger partial charge in [-0.2, -0.15) is 0 Å². The van der Waals surface area contributed by atoms with E-state index in [0.717, 1.165) is 10.8 Å². The van der Waals surface area contributed by atoms with E-state index in [1.54, 1.807) is 6.20 Å². The van der Waals surface area contributed by atoms with Gasteiger partial charge in [0.15, 0.2) is 5.16 Å². The van der Waals surface area contributed by atoms with Crippen molar-refractivity contribution < 1.29 is 9.59 Å². The summed E-state index contributed by atoms with van der Waals surface area (Å²) in [5.41, 5.74) is 0.982. The summed E-state index contributed by atoms with van der Waals surface area (Å²) in [4.78, 5) is 31.2. The number of hydrogen-bond donors (Lipinski definition) is 1. The van der Waals surface area contributed by atoms with Gasteiger partial charge in [0.1, 0.15) is 5.69 Å². The molecule has 0 aliphatic rings. The fourth-order valence-electron chi connectivity index (χ4n) is 2.58. The van der Waals surface area contributed by atoms with Gasteiger partial charge in [-0.1, -0.05) is 30.0 Å². The Morgan fingerprint density at radius 3 is 2.42 bits per heavy atom. The Morgan fingerprint density at radius 1 is 1.23 bits per heavy atom. The Kier molecular flexibility index (Phi) is 6.47. The fourth-order valence-corrected chi connectivity index (χ4v) is 3.12. The van der Waals surface area contributed by atoms with E-state index in [0.29, 0.717) is 12.2 Å². The molecule has 7 heteroatoms. The number of hydrogen-bond acceptors (Lipinski definition) is 4. The van der Waals surface area contributed by atoms with Gasteiger partial charge < -0.3 is 10.2 Å². The molecule has 1 aromatic carbocycles. The van der Waals surface area contributed by atoms with Crippen LogP contribution in [0.15, 0.2) is 41.7 Å². The van der Waals surface area contributed by atoms with Crippen molar-refractivity contribution in [3.8, 4) is 5.69 Å². The molecule has 0 aliphatic carbocycles. The minimum absolute atomic E-state index is 0.0151. The highest BCUT2D eigenvalue weighted by Crippen LogP contribution is 2.22. The van der Waals surface area contributed by atoms with Gasteiger partial charge in [0.2, 0.25) is 5.91 Å². The number of carbonyl (C=O) groups is 2. The number of benzene rings is 1. The number of nitrogens with zero attached hydrogens (tertiary/aromatic N) is 3. The smallest absolute Gasteiger partial charge is 0.272 e. The van der Waals surface area contributed by atoms with E-state index < -0.39 is 0 Å². The van der Waals surface area contributed by atoms with E-state index >= 15 is 0 Å². The maximum Gasteiger partial charge on any atom is 0.272 e. The number of aromatic nitrogens is 2. The van der Waals surface area contributed by atoms with Crippen LogP contribution in [0.3, 0.4) is 0 Å².